The minimum absolute atomic E-state index is 0.965. The summed E-state index contributed by atoms with van der Waals surface area (Å²) in [6, 6.07) is 22.0. The number of hydrogen-bond donors (Lipinski definition) is 0. The lowest BCUT2D eigenvalue weighted by atomic mass is 9.97. The predicted molar refractivity (Wildman–Crippen MR) is 111 cm³/mol. The lowest BCUT2D eigenvalue weighted by molar-refractivity contribution is 1.22. The Morgan fingerprint density at radius 2 is 1.64 bits per heavy atom. The minimum atomic E-state index is -1.25. The minimum Gasteiger partial charge on any atom is -0.257 e. The van der Waals surface area contributed by atoms with E-state index in [1.807, 2.05) is 12.3 Å². The van der Waals surface area contributed by atoms with E-state index in [1.54, 1.807) is 0 Å². The van der Waals surface area contributed by atoms with Gasteiger partial charge in [0.15, 0.2) is 0 Å². The normalized spacial score (nSPS) is 13.5. The molecule has 1 aromatic heterocycles. The van der Waals surface area contributed by atoms with Crippen molar-refractivity contribution in [3.63, 3.8) is 0 Å². The van der Waals surface area contributed by atoms with Gasteiger partial charge >= 0.3 is 0 Å². The summed E-state index contributed by atoms with van der Waals surface area (Å²) in [5.41, 5.74) is 7.76. The summed E-state index contributed by atoms with van der Waals surface area (Å²) in [7, 11) is -1.25. The van der Waals surface area contributed by atoms with Gasteiger partial charge in [-0.3, -0.25) is 4.98 Å². The molecule has 0 spiro atoms. The molecule has 1 aliphatic carbocycles. The van der Waals surface area contributed by atoms with Gasteiger partial charge in [0.05, 0.1) is 13.8 Å². The van der Waals surface area contributed by atoms with Crippen molar-refractivity contribution in [3.8, 4) is 11.1 Å². The van der Waals surface area contributed by atoms with Gasteiger partial charge in [0.25, 0.3) is 0 Å². The van der Waals surface area contributed by atoms with E-state index in [2.05, 4.69) is 85.3 Å². The van der Waals surface area contributed by atoms with E-state index in [0.29, 0.717) is 0 Å². The summed E-state index contributed by atoms with van der Waals surface area (Å²) < 4.78 is 0. The first-order valence-electron chi connectivity index (χ1n) is 8.87. The summed E-state index contributed by atoms with van der Waals surface area (Å²) in [5, 5.41) is 1.51. The van der Waals surface area contributed by atoms with Crippen LogP contribution in [0, 0.1) is 0 Å². The SMILES string of the molecule is C[Si](C)(C)c1ccc(-c2cccc3c2C=C(c2ccccn2)C3)cc1. The van der Waals surface area contributed by atoms with E-state index >= 15 is 0 Å². The molecule has 0 amide bonds. The molecule has 0 saturated carbocycles. The molecule has 0 saturated heterocycles. The van der Waals surface area contributed by atoms with E-state index in [-0.39, 0.29) is 0 Å². The lowest BCUT2D eigenvalue weighted by Crippen LogP contribution is -2.37. The van der Waals surface area contributed by atoms with Gasteiger partial charge in [-0.05, 0) is 46.0 Å². The van der Waals surface area contributed by atoms with Gasteiger partial charge in [0.1, 0.15) is 0 Å². The number of nitrogens with zero attached hydrogens (tertiary/aromatic N) is 1. The summed E-state index contributed by atoms with van der Waals surface area (Å²) in [6.07, 6.45) is 5.15. The van der Waals surface area contributed by atoms with Crippen LogP contribution in [0.1, 0.15) is 16.8 Å². The highest BCUT2D eigenvalue weighted by atomic mass is 28.3. The first-order valence-corrected chi connectivity index (χ1v) is 12.4. The molecule has 124 valence electrons. The van der Waals surface area contributed by atoms with Crippen molar-refractivity contribution in [3.05, 3.63) is 83.7 Å². The zero-order valence-corrected chi connectivity index (χ0v) is 16.1. The standard InChI is InChI=1S/C23H23NSi/c1-25(2,3)20-12-10-17(11-13-20)21-8-6-7-18-15-19(16-22(18)21)23-9-4-5-14-24-23/h4-14,16H,15H2,1-3H3. The number of hydrogen-bond acceptors (Lipinski definition) is 1. The topological polar surface area (TPSA) is 12.9 Å². The molecule has 0 N–H and O–H groups in total. The van der Waals surface area contributed by atoms with Crippen molar-refractivity contribution in [2.24, 2.45) is 0 Å². The van der Waals surface area contributed by atoms with E-state index in [0.717, 1.165) is 12.1 Å². The van der Waals surface area contributed by atoms with Crippen LogP contribution in [0.2, 0.25) is 19.6 Å². The first-order chi connectivity index (χ1) is 12.0. The molecule has 2 heteroatoms. The van der Waals surface area contributed by atoms with Crippen LogP contribution in [-0.2, 0) is 6.42 Å². The van der Waals surface area contributed by atoms with E-state index in [9.17, 15) is 0 Å². The fraction of sp³-hybridized carbons (Fsp3) is 0.174. The van der Waals surface area contributed by atoms with Crippen LogP contribution in [0.25, 0.3) is 22.8 Å². The van der Waals surface area contributed by atoms with E-state index in [4.69, 9.17) is 0 Å². The summed E-state index contributed by atoms with van der Waals surface area (Å²) in [5.74, 6) is 0. The molecule has 1 heterocycles. The summed E-state index contributed by atoms with van der Waals surface area (Å²) in [4.78, 5) is 4.52. The smallest absolute Gasteiger partial charge is 0.0775 e. The molecule has 0 aliphatic heterocycles. The number of fused-ring (bicyclic) bond motifs is 1. The molecule has 0 bridgehead atoms. The summed E-state index contributed by atoms with van der Waals surface area (Å²) in [6.45, 7) is 7.18. The lowest BCUT2D eigenvalue weighted by Gasteiger charge is -2.17. The molecule has 25 heavy (non-hydrogen) atoms. The maximum absolute atomic E-state index is 4.52. The average molecular weight is 342 g/mol. The Morgan fingerprint density at radius 1 is 0.840 bits per heavy atom. The van der Waals surface area contributed by atoms with Crippen molar-refractivity contribution in [1.29, 1.82) is 0 Å². The number of benzene rings is 2. The number of allylic oxidation sites excluding steroid dienone is 1. The zero-order chi connectivity index (χ0) is 17.4. The number of pyridine rings is 1. The molecular weight excluding hydrogens is 318 g/mol. The molecule has 3 aromatic rings. The van der Waals surface area contributed by atoms with Gasteiger partial charge in [-0.1, -0.05) is 73.4 Å². The maximum Gasteiger partial charge on any atom is 0.0775 e. The van der Waals surface area contributed by atoms with Crippen LogP contribution in [0.3, 0.4) is 0 Å². The molecule has 0 unspecified atom stereocenters. The second kappa shape index (κ2) is 6.12. The second-order valence-electron chi connectivity index (χ2n) is 7.77. The Bertz CT molecular complexity index is 932. The van der Waals surface area contributed by atoms with Gasteiger partial charge in [0.2, 0.25) is 0 Å². The van der Waals surface area contributed by atoms with Gasteiger partial charge in [0, 0.05) is 12.6 Å². The highest BCUT2D eigenvalue weighted by Crippen LogP contribution is 2.36. The average Bonchev–Trinajstić information content (AvgIpc) is 3.06. The Morgan fingerprint density at radius 3 is 2.32 bits per heavy atom. The molecule has 1 nitrogen and oxygen atoms in total. The van der Waals surface area contributed by atoms with Gasteiger partial charge in [-0.15, -0.1) is 0 Å². The van der Waals surface area contributed by atoms with E-state index in [1.165, 1.54) is 33.0 Å². The van der Waals surface area contributed by atoms with Crippen LogP contribution in [0.4, 0.5) is 0 Å². The molecule has 2 aromatic carbocycles. The van der Waals surface area contributed by atoms with Crippen molar-refractivity contribution >= 4 is 24.9 Å². The highest BCUT2D eigenvalue weighted by Gasteiger charge is 2.19. The van der Waals surface area contributed by atoms with Gasteiger partial charge < -0.3 is 0 Å². The maximum atomic E-state index is 4.52. The first kappa shape index (κ1) is 16.0. The van der Waals surface area contributed by atoms with Crippen molar-refractivity contribution in [2.75, 3.05) is 0 Å². The Hall–Kier alpha value is -2.45. The largest absolute Gasteiger partial charge is 0.257 e. The molecule has 0 fully saturated rings. The molecule has 1 aliphatic rings. The Kier molecular flexibility index (Phi) is 3.93. The quantitative estimate of drug-likeness (QED) is 0.582. The van der Waals surface area contributed by atoms with Crippen LogP contribution in [0.5, 0.6) is 0 Å². The molecule has 0 radical (unpaired) electrons. The third-order valence-corrected chi connectivity index (χ3v) is 7.02. The third kappa shape index (κ3) is 3.10. The van der Waals surface area contributed by atoms with Crippen molar-refractivity contribution in [2.45, 2.75) is 26.1 Å². The number of aromatic nitrogens is 1. The molecule has 0 atom stereocenters. The molecule has 4 rings (SSSR count). The van der Waals surface area contributed by atoms with E-state index < -0.39 is 8.07 Å². The summed E-state index contributed by atoms with van der Waals surface area (Å²) >= 11 is 0. The van der Waals surface area contributed by atoms with Crippen molar-refractivity contribution in [1.82, 2.24) is 4.98 Å². The zero-order valence-electron chi connectivity index (χ0n) is 15.1. The molecular formula is C23H23NSi. The van der Waals surface area contributed by atoms with Crippen molar-refractivity contribution < 1.29 is 0 Å². The van der Waals surface area contributed by atoms with Crippen LogP contribution in [0.15, 0.2) is 66.9 Å². The van der Waals surface area contributed by atoms with Crippen LogP contribution in [-0.4, -0.2) is 13.1 Å². The Balaban J connectivity index is 1.75. The third-order valence-electron chi connectivity index (χ3n) is 4.95. The monoisotopic (exact) mass is 341 g/mol. The predicted octanol–water partition coefficient (Wildman–Crippen LogP) is 5.39. The number of rotatable bonds is 3. The van der Waals surface area contributed by atoms with Crippen LogP contribution >= 0.6 is 0 Å². The van der Waals surface area contributed by atoms with Gasteiger partial charge in [-0.25, -0.2) is 0 Å². The second-order valence-corrected chi connectivity index (χ2v) is 12.8. The fourth-order valence-electron chi connectivity index (χ4n) is 3.49. The van der Waals surface area contributed by atoms with Gasteiger partial charge in [-0.2, -0.15) is 0 Å². The van der Waals surface area contributed by atoms with Crippen LogP contribution < -0.4 is 5.19 Å². The Labute approximate surface area is 151 Å². The fourth-order valence-corrected chi connectivity index (χ4v) is 4.65. The highest BCUT2D eigenvalue weighted by molar-refractivity contribution is 6.88.